The van der Waals surface area contributed by atoms with Gasteiger partial charge in [0.05, 0.1) is 31.3 Å². The molecule has 1 fully saturated rings. The molecular formula is C27H48N5O4P. The van der Waals surface area contributed by atoms with E-state index in [0.29, 0.717) is 25.3 Å². The maximum absolute atomic E-state index is 13.0. The van der Waals surface area contributed by atoms with Gasteiger partial charge in [-0.15, -0.1) is 0 Å². The largest absolute Gasteiger partial charge is 0.370 e. The second-order valence-corrected chi connectivity index (χ2v) is 11.7. The van der Waals surface area contributed by atoms with Crippen molar-refractivity contribution in [2.24, 2.45) is 0 Å². The summed E-state index contributed by atoms with van der Waals surface area (Å²) in [4.78, 5) is 17.3. The number of hydrogen-bond acceptors (Lipinski definition) is 8. The number of anilines is 1. The van der Waals surface area contributed by atoms with E-state index in [0.717, 1.165) is 24.9 Å². The van der Waals surface area contributed by atoms with Gasteiger partial charge in [0.25, 0.3) is 8.53 Å². The molecule has 1 saturated heterocycles. The van der Waals surface area contributed by atoms with Crippen molar-refractivity contribution in [3.05, 3.63) is 22.2 Å². The Labute approximate surface area is 224 Å². The molecule has 210 valence electrons. The molecule has 0 bridgehead atoms. The molecule has 0 radical (unpaired) electrons. The van der Waals surface area contributed by atoms with Gasteiger partial charge >= 0.3 is 5.69 Å². The minimum Gasteiger partial charge on any atom is -0.370 e. The molecule has 0 saturated carbocycles. The van der Waals surface area contributed by atoms with Crippen LogP contribution >= 0.6 is 8.53 Å². The Hall–Kier alpha value is -1.56. The van der Waals surface area contributed by atoms with Crippen molar-refractivity contribution in [3.63, 3.8) is 0 Å². The number of nitrogens with zero attached hydrogens (tertiary/aromatic N) is 4. The normalized spacial score (nSPS) is 20.6. The van der Waals surface area contributed by atoms with Crippen LogP contribution in [0.4, 0.5) is 5.82 Å². The van der Waals surface area contributed by atoms with E-state index in [1.54, 1.807) is 4.57 Å². The maximum atomic E-state index is 13.0. The summed E-state index contributed by atoms with van der Waals surface area (Å²) in [5.41, 5.74) is 0.597. The lowest BCUT2D eigenvalue weighted by atomic mass is 10.1. The lowest BCUT2D eigenvalue weighted by molar-refractivity contribution is -0.0201. The second-order valence-electron chi connectivity index (χ2n) is 10.3. The fraction of sp³-hybridized carbons (Fsp3) is 0.815. The minimum atomic E-state index is -1.39. The van der Waals surface area contributed by atoms with Gasteiger partial charge in [-0.2, -0.15) is 10.2 Å². The van der Waals surface area contributed by atoms with Crippen molar-refractivity contribution in [1.29, 1.82) is 5.26 Å². The van der Waals surface area contributed by atoms with Gasteiger partial charge in [0, 0.05) is 36.8 Å². The number of rotatable bonds is 17. The van der Waals surface area contributed by atoms with E-state index < -0.39 is 14.8 Å². The molecule has 0 aromatic carbocycles. The van der Waals surface area contributed by atoms with Crippen LogP contribution in [0.3, 0.4) is 0 Å². The Balaban J connectivity index is 2.12. The first-order valence-corrected chi connectivity index (χ1v) is 15.1. The van der Waals surface area contributed by atoms with E-state index in [-0.39, 0.29) is 30.0 Å². The van der Waals surface area contributed by atoms with Crippen molar-refractivity contribution in [3.8, 4) is 6.07 Å². The fourth-order valence-corrected chi connectivity index (χ4v) is 6.40. The van der Waals surface area contributed by atoms with Gasteiger partial charge in [-0.1, -0.05) is 39.5 Å². The topological polar surface area (TPSA) is 102 Å². The summed E-state index contributed by atoms with van der Waals surface area (Å²) < 4.78 is 22.8. The SMILES string of the molecule is CCCCCCCNc1nc(=O)n(C2CC(OP(OCCC#N)N(C(C)C)C(C)C)C(CC)O2)cc1C. The average Bonchev–Trinajstić information content (AvgIpc) is 3.25. The molecule has 1 aliphatic heterocycles. The molecule has 4 unspecified atom stereocenters. The number of aromatic nitrogens is 2. The molecule has 1 aromatic heterocycles. The van der Waals surface area contributed by atoms with Crippen LogP contribution in [0.5, 0.6) is 0 Å². The zero-order valence-electron chi connectivity index (χ0n) is 23.9. The third kappa shape index (κ3) is 9.60. The average molecular weight is 538 g/mol. The van der Waals surface area contributed by atoms with Crippen LogP contribution in [0.15, 0.2) is 11.0 Å². The molecule has 0 amide bonds. The highest BCUT2D eigenvalue weighted by Crippen LogP contribution is 2.50. The number of nitrogens with one attached hydrogen (secondary N) is 1. The molecule has 10 heteroatoms. The number of aryl methyl sites for hydroxylation is 1. The Kier molecular flexibility index (Phi) is 14.0. The second kappa shape index (κ2) is 16.4. The first-order chi connectivity index (χ1) is 17.7. The predicted molar refractivity (Wildman–Crippen MR) is 149 cm³/mol. The molecule has 2 heterocycles. The molecular weight excluding hydrogens is 489 g/mol. The monoisotopic (exact) mass is 537 g/mol. The summed E-state index contributed by atoms with van der Waals surface area (Å²) in [5.74, 6) is 0.647. The zero-order chi connectivity index (χ0) is 27.4. The molecule has 1 aromatic rings. The Morgan fingerprint density at radius 2 is 1.95 bits per heavy atom. The first kappa shape index (κ1) is 31.7. The summed E-state index contributed by atoms with van der Waals surface area (Å²) in [6, 6.07) is 2.57. The Morgan fingerprint density at radius 3 is 2.57 bits per heavy atom. The smallest absolute Gasteiger partial charge is 0.351 e. The summed E-state index contributed by atoms with van der Waals surface area (Å²) in [6.07, 6.45) is 8.59. The van der Waals surface area contributed by atoms with Crippen molar-refractivity contribution >= 4 is 14.3 Å². The summed E-state index contributed by atoms with van der Waals surface area (Å²) in [6.45, 7) is 15.8. The van der Waals surface area contributed by atoms with E-state index >= 15 is 0 Å². The maximum Gasteiger partial charge on any atom is 0.351 e. The lowest BCUT2D eigenvalue weighted by Gasteiger charge is -2.37. The first-order valence-electron chi connectivity index (χ1n) is 14.0. The number of unbranched alkanes of at least 4 members (excludes halogenated alkanes) is 4. The molecule has 4 atom stereocenters. The third-order valence-corrected chi connectivity index (χ3v) is 8.64. The summed E-state index contributed by atoms with van der Waals surface area (Å²) in [5, 5.41) is 12.3. The van der Waals surface area contributed by atoms with E-state index in [9.17, 15) is 4.79 Å². The Morgan fingerprint density at radius 1 is 1.24 bits per heavy atom. The van der Waals surface area contributed by atoms with E-state index in [2.05, 4.69) is 62.6 Å². The third-order valence-electron chi connectivity index (χ3n) is 6.49. The standard InChI is InChI=1S/C27H48N5O4P/c1-8-10-11-12-13-16-29-26-22(7)19-31(27(33)30-26)25-18-24(23(9-2)35-25)36-37(34-17-14-15-28)32(20(3)4)21(5)6/h19-21,23-25H,8-14,16-18H2,1-7H3,(H,29,30,33). The molecule has 9 nitrogen and oxygen atoms in total. The van der Waals surface area contributed by atoms with Crippen LogP contribution in [-0.4, -0.2) is 51.7 Å². The molecule has 0 spiro atoms. The zero-order valence-corrected chi connectivity index (χ0v) is 24.8. The number of nitriles is 1. The number of ether oxygens (including phenoxy) is 1. The summed E-state index contributed by atoms with van der Waals surface area (Å²) in [7, 11) is -1.39. The highest BCUT2D eigenvalue weighted by molar-refractivity contribution is 7.44. The van der Waals surface area contributed by atoms with Gasteiger partial charge in [-0.05, 0) is 47.5 Å². The van der Waals surface area contributed by atoms with Crippen LogP contribution in [-0.2, 0) is 13.8 Å². The molecule has 0 aliphatic carbocycles. The van der Waals surface area contributed by atoms with Gasteiger partial charge in [-0.25, -0.2) is 9.46 Å². The van der Waals surface area contributed by atoms with Crippen LogP contribution < -0.4 is 11.0 Å². The predicted octanol–water partition coefficient (Wildman–Crippen LogP) is 6.29. The quantitative estimate of drug-likeness (QED) is 0.183. The van der Waals surface area contributed by atoms with Crippen LogP contribution in [0.2, 0.25) is 0 Å². The van der Waals surface area contributed by atoms with Crippen LogP contribution in [0.1, 0.15) is 105 Å². The van der Waals surface area contributed by atoms with E-state index in [1.807, 2.05) is 13.1 Å². The van der Waals surface area contributed by atoms with Crippen molar-refractivity contribution in [2.75, 3.05) is 18.5 Å². The van der Waals surface area contributed by atoms with Crippen LogP contribution in [0.25, 0.3) is 0 Å². The molecule has 1 N–H and O–H groups in total. The highest BCUT2D eigenvalue weighted by atomic mass is 31.2. The number of hydrogen-bond donors (Lipinski definition) is 1. The fourth-order valence-electron chi connectivity index (χ4n) is 4.64. The van der Waals surface area contributed by atoms with E-state index in [4.69, 9.17) is 19.0 Å². The summed E-state index contributed by atoms with van der Waals surface area (Å²) >= 11 is 0. The highest BCUT2D eigenvalue weighted by Gasteiger charge is 2.40. The van der Waals surface area contributed by atoms with Crippen LogP contribution in [0, 0.1) is 18.3 Å². The Bertz CT molecular complexity index is 896. The van der Waals surface area contributed by atoms with Gasteiger partial charge in [0.15, 0.2) is 0 Å². The van der Waals surface area contributed by atoms with Gasteiger partial charge in [-0.3, -0.25) is 4.57 Å². The molecule has 2 rings (SSSR count). The van der Waals surface area contributed by atoms with Crippen molar-refractivity contribution in [1.82, 2.24) is 14.2 Å². The van der Waals surface area contributed by atoms with Gasteiger partial charge in [0.1, 0.15) is 12.0 Å². The lowest BCUT2D eigenvalue weighted by Crippen LogP contribution is -2.35. The van der Waals surface area contributed by atoms with Crippen molar-refractivity contribution in [2.45, 2.75) is 130 Å². The van der Waals surface area contributed by atoms with Crippen molar-refractivity contribution < 1.29 is 13.8 Å². The van der Waals surface area contributed by atoms with Gasteiger partial charge in [0.2, 0.25) is 0 Å². The minimum absolute atomic E-state index is 0.163. The van der Waals surface area contributed by atoms with Gasteiger partial charge < -0.3 is 19.1 Å². The molecule has 1 aliphatic rings. The molecule has 37 heavy (non-hydrogen) atoms. The van der Waals surface area contributed by atoms with E-state index in [1.165, 1.54) is 25.7 Å².